The number of thioether (sulfide) groups is 1. The molecule has 0 spiro atoms. The van der Waals surface area contributed by atoms with E-state index in [1.54, 1.807) is 29.8 Å². The lowest BCUT2D eigenvalue weighted by Crippen LogP contribution is -2.33. The third-order valence-electron chi connectivity index (χ3n) is 4.52. The van der Waals surface area contributed by atoms with Crippen LogP contribution in [0.4, 0.5) is 5.82 Å². The van der Waals surface area contributed by atoms with Gasteiger partial charge in [0.2, 0.25) is 5.91 Å². The predicted molar refractivity (Wildman–Crippen MR) is 109 cm³/mol. The second-order valence-electron chi connectivity index (χ2n) is 6.42. The van der Waals surface area contributed by atoms with E-state index in [4.69, 9.17) is 15.2 Å². The van der Waals surface area contributed by atoms with Gasteiger partial charge in [-0.2, -0.15) is 4.98 Å². The fourth-order valence-corrected chi connectivity index (χ4v) is 3.82. The first-order chi connectivity index (χ1) is 13.8. The Bertz CT molecular complexity index is 1020. The molecule has 9 nitrogen and oxygen atoms in total. The van der Waals surface area contributed by atoms with E-state index in [1.165, 1.54) is 11.8 Å². The molecule has 0 unspecified atom stereocenters. The summed E-state index contributed by atoms with van der Waals surface area (Å²) in [5.74, 6) is -0.0628. The van der Waals surface area contributed by atoms with Crippen LogP contribution in [0.25, 0.3) is 0 Å². The van der Waals surface area contributed by atoms with Crippen LogP contribution in [-0.2, 0) is 16.6 Å². The van der Waals surface area contributed by atoms with Crippen molar-refractivity contribution in [3.05, 3.63) is 39.7 Å². The minimum atomic E-state index is -0.603. The van der Waals surface area contributed by atoms with Gasteiger partial charge in [0.25, 0.3) is 11.5 Å². The smallest absolute Gasteiger partial charge is 0.279 e. The van der Waals surface area contributed by atoms with Crippen LogP contribution in [0.2, 0.25) is 0 Å². The average Bonchev–Trinajstić information content (AvgIpc) is 2.69. The van der Waals surface area contributed by atoms with Gasteiger partial charge in [0.05, 0.1) is 12.2 Å². The molecule has 1 aromatic carbocycles. The Morgan fingerprint density at radius 1 is 1.34 bits per heavy atom. The van der Waals surface area contributed by atoms with Crippen molar-refractivity contribution < 1.29 is 19.1 Å². The van der Waals surface area contributed by atoms with Crippen LogP contribution in [0, 0.1) is 0 Å². The molecule has 1 aliphatic heterocycles. The van der Waals surface area contributed by atoms with Crippen LogP contribution in [0.1, 0.15) is 30.4 Å². The zero-order valence-corrected chi connectivity index (χ0v) is 17.2. The van der Waals surface area contributed by atoms with Crippen molar-refractivity contribution in [3.63, 3.8) is 0 Å². The third kappa shape index (κ3) is 4.21. The van der Waals surface area contributed by atoms with Gasteiger partial charge < -0.3 is 25.1 Å². The molecule has 0 aliphatic carbocycles. The van der Waals surface area contributed by atoms with E-state index in [-0.39, 0.29) is 24.5 Å². The molecule has 0 saturated carbocycles. The summed E-state index contributed by atoms with van der Waals surface area (Å²) < 4.78 is 12.7. The van der Waals surface area contributed by atoms with E-state index in [2.05, 4.69) is 10.3 Å². The van der Waals surface area contributed by atoms with Gasteiger partial charge in [0, 0.05) is 19.4 Å². The Morgan fingerprint density at radius 2 is 2.10 bits per heavy atom. The number of amides is 2. The normalized spacial score (nSPS) is 15.4. The molecule has 29 heavy (non-hydrogen) atoms. The number of carbonyl (C=O) groups is 2. The van der Waals surface area contributed by atoms with Gasteiger partial charge in [-0.15, -0.1) is 0 Å². The Hall–Kier alpha value is -3.01. The summed E-state index contributed by atoms with van der Waals surface area (Å²) in [6.07, 6.45) is 1.92. The molecular formula is C19H22N4O5S. The molecule has 154 valence electrons. The van der Waals surface area contributed by atoms with Crippen LogP contribution < -0.4 is 26.1 Å². The van der Waals surface area contributed by atoms with E-state index in [1.807, 2.05) is 13.2 Å². The van der Waals surface area contributed by atoms with Gasteiger partial charge in [-0.25, -0.2) is 0 Å². The zero-order chi connectivity index (χ0) is 21.1. The minimum Gasteiger partial charge on any atom is -0.490 e. The number of anilines is 1. The fourth-order valence-electron chi connectivity index (χ4n) is 3.28. The van der Waals surface area contributed by atoms with Crippen molar-refractivity contribution >= 4 is 29.4 Å². The number of fused-ring (bicyclic) bond motifs is 1. The highest BCUT2D eigenvalue weighted by Crippen LogP contribution is 2.39. The maximum Gasteiger partial charge on any atom is 0.279 e. The molecule has 0 fully saturated rings. The number of nitrogens with one attached hydrogen (secondary N) is 1. The predicted octanol–water partition coefficient (Wildman–Crippen LogP) is 1.24. The van der Waals surface area contributed by atoms with E-state index >= 15 is 0 Å². The number of ether oxygens (including phenoxy) is 2. The molecule has 2 heterocycles. The SMILES string of the molecule is CCOc1cc([C@@H]2CC(=O)Nc3c2c(=O)nc(SC)n3C)ccc1OCC(N)=O. The summed E-state index contributed by atoms with van der Waals surface area (Å²) in [5.41, 5.74) is 5.91. The Labute approximate surface area is 171 Å². The molecule has 3 rings (SSSR count). The van der Waals surface area contributed by atoms with Crippen molar-refractivity contribution in [1.29, 1.82) is 0 Å². The van der Waals surface area contributed by atoms with Gasteiger partial charge >= 0.3 is 0 Å². The summed E-state index contributed by atoms with van der Waals surface area (Å²) in [7, 11) is 1.76. The lowest BCUT2D eigenvalue weighted by molar-refractivity contribution is -0.120. The maximum absolute atomic E-state index is 12.7. The molecule has 1 aromatic heterocycles. The number of hydrogen-bond acceptors (Lipinski definition) is 7. The second kappa shape index (κ2) is 8.56. The second-order valence-corrected chi connectivity index (χ2v) is 7.20. The summed E-state index contributed by atoms with van der Waals surface area (Å²) in [6, 6.07) is 5.10. The molecular weight excluding hydrogens is 396 g/mol. The maximum atomic E-state index is 12.7. The van der Waals surface area contributed by atoms with Gasteiger partial charge in [-0.1, -0.05) is 17.8 Å². The Kier molecular flexibility index (Phi) is 6.12. The van der Waals surface area contributed by atoms with Crippen molar-refractivity contribution in [2.75, 3.05) is 24.8 Å². The number of aromatic nitrogens is 2. The van der Waals surface area contributed by atoms with Gasteiger partial charge in [-0.05, 0) is 30.9 Å². The number of carbonyl (C=O) groups excluding carboxylic acids is 2. The zero-order valence-electron chi connectivity index (χ0n) is 16.4. The van der Waals surface area contributed by atoms with Crippen LogP contribution in [-0.4, -0.2) is 40.8 Å². The highest BCUT2D eigenvalue weighted by molar-refractivity contribution is 7.98. The van der Waals surface area contributed by atoms with Crippen molar-refractivity contribution in [3.8, 4) is 11.5 Å². The molecule has 2 aromatic rings. The van der Waals surface area contributed by atoms with Gasteiger partial charge in [0.1, 0.15) is 5.82 Å². The molecule has 10 heteroatoms. The van der Waals surface area contributed by atoms with E-state index in [0.717, 1.165) is 0 Å². The summed E-state index contributed by atoms with van der Waals surface area (Å²) in [5, 5.41) is 3.30. The van der Waals surface area contributed by atoms with Crippen molar-refractivity contribution in [2.45, 2.75) is 24.4 Å². The van der Waals surface area contributed by atoms with E-state index in [0.29, 0.717) is 40.2 Å². The van der Waals surface area contributed by atoms with Crippen LogP contribution in [0.15, 0.2) is 28.2 Å². The molecule has 3 N–H and O–H groups in total. The number of primary amides is 1. The number of benzene rings is 1. The largest absolute Gasteiger partial charge is 0.490 e. The molecule has 1 aliphatic rings. The lowest BCUT2D eigenvalue weighted by Gasteiger charge is -2.27. The monoisotopic (exact) mass is 418 g/mol. The molecule has 1 atom stereocenters. The average molecular weight is 418 g/mol. The Morgan fingerprint density at radius 3 is 2.76 bits per heavy atom. The van der Waals surface area contributed by atoms with Crippen molar-refractivity contribution in [2.24, 2.45) is 12.8 Å². The quantitative estimate of drug-likeness (QED) is 0.512. The topological polar surface area (TPSA) is 126 Å². The van der Waals surface area contributed by atoms with Crippen LogP contribution in [0.3, 0.4) is 0 Å². The number of nitrogens with zero attached hydrogens (tertiary/aromatic N) is 2. The van der Waals surface area contributed by atoms with E-state index < -0.39 is 11.8 Å². The number of hydrogen-bond donors (Lipinski definition) is 2. The minimum absolute atomic E-state index is 0.107. The van der Waals surface area contributed by atoms with Crippen molar-refractivity contribution in [1.82, 2.24) is 9.55 Å². The standard InChI is InChI=1S/C19H22N4O5S/c1-4-27-13-7-10(5-6-12(13)28-9-14(20)24)11-8-15(25)21-17-16(11)18(26)22-19(29-3)23(17)2/h5-7,11H,4,8-9H2,1-3H3,(H2,20,24)(H,21,25)/t11-/m0/s1. The highest BCUT2D eigenvalue weighted by atomic mass is 32.2. The number of rotatable bonds is 7. The molecule has 0 radical (unpaired) electrons. The lowest BCUT2D eigenvalue weighted by atomic mass is 9.86. The van der Waals surface area contributed by atoms with Gasteiger partial charge in [-0.3, -0.25) is 14.4 Å². The van der Waals surface area contributed by atoms with Crippen LogP contribution in [0.5, 0.6) is 11.5 Å². The first-order valence-corrected chi connectivity index (χ1v) is 10.2. The Balaban J connectivity index is 2.09. The summed E-state index contributed by atoms with van der Waals surface area (Å²) in [6.45, 7) is 1.91. The highest BCUT2D eigenvalue weighted by Gasteiger charge is 2.32. The van der Waals surface area contributed by atoms with Crippen LogP contribution >= 0.6 is 11.8 Å². The van der Waals surface area contributed by atoms with E-state index in [9.17, 15) is 14.4 Å². The first kappa shape index (κ1) is 20.7. The summed E-state index contributed by atoms with van der Waals surface area (Å²) >= 11 is 1.33. The first-order valence-electron chi connectivity index (χ1n) is 8.98. The third-order valence-corrected chi connectivity index (χ3v) is 5.25. The number of nitrogens with two attached hydrogens (primary N) is 1. The molecule has 2 amide bonds. The summed E-state index contributed by atoms with van der Waals surface area (Å²) in [4.78, 5) is 40.3. The molecule has 0 saturated heterocycles. The molecule has 0 bridgehead atoms. The van der Waals surface area contributed by atoms with Gasteiger partial charge in [0.15, 0.2) is 23.3 Å². The fraction of sp³-hybridized carbons (Fsp3) is 0.368.